The first-order chi connectivity index (χ1) is 2.00. The van der Waals surface area contributed by atoms with Gasteiger partial charge < -0.3 is 19.2 Å². The van der Waals surface area contributed by atoms with Crippen LogP contribution >= 0.6 is 17.7 Å². The fourth-order valence-electron chi connectivity index (χ4n) is 0. The minimum Gasteiger partial charge on any atom is -0.822 e. The minimum absolute atomic E-state index is 0. The zero-order chi connectivity index (χ0) is 4.50. The molecule has 0 heterocycles. The van der Waals surface area contributed by atoms with E-state index >= 15 is 0 Å². The van der Waals surface area contributed by atoms with Crippen LogP contribution in [0.5, 0.6) is 0 Å². The summed E-state index contributed by atoms with van der Waals surface area (Å²) in [6, 6.07) is 0. The van der Waals surface area contributed by atoms with E-state index in [1.54, 1.807) is 0 Å². The standard InChI is InChI=1S/Fe.Li.Mn.H3O4P.P/c;;;1-5(2,3)4;/h;;;(H3,1,2,3,4);/q+2;+1;+2;;+3/p-3. The van der Waals surface area contributed by atoms with Crippen LogP contribution in [0.2, 0.25) is 0 Å². The van der Waals surface area contributed by atoms with Gasteiger partial charge in [-0.1, -0.05) is 0 Å². The van der Waals surface area contributed by atoms with Crippen LogP contribution in [-0.2, 0) is 38.7 Å². The Bertz CT molecular complexity index is 64.7. The number of hydrogen-bond donors (Lipinski definition) is 0. The van der Waals surface area contributed by atoms with Gasteiger partial charge in [0, 0.05) is 0 Å². The van der Waals surface area contributed by atoms with Gasteiger partial charge in [0.05, 0.1) is 0 Å². The van der Waals surface area contributed by atoms with Crippen LogP contribution in [-0.4, -0.2) is 0 Å². The number of hydrogen-bond acceptors (Lipinski definition) is 4. The first-order valence-electron chi connectivity index (χ1n) is 0.730. The van der Waals surface area contributed by atoms with Gasteiger partial charge in [0.1, 0.15) is 0 Å². The van der Waals surface area contributed by atoms with Crippen LogP contribution in [0, 0.1) is 0 Å². The van der Waals surface area contributed by atoms with Crippen LogP contribution in [0.15, 0.2) is 0 Å². The smallest absolute Gasteiger partial charge is 0.822 e. The molecule has 0 fully saturated rings. The Labute approximate surface area is 89.5 Å². The van der Waals surface area contributed by atoms with E-state index in [-0.39, 0.29) is 62.9 Å². The Balaban J connectivity index is -0.0000000133. The van der Waals surface area contributed by atoms with Gasteiger partial charge in [-0.25, -0.2) is 0 Å². The van der Waals surface area contributed by atoms with E-state index < -0.39 is 7.82 Å². The Kier molecular flexibility index (Phi) is 43.2. The third kappa shape index (κ3) is 144. The molecule has 0 saturated carbocycles. The largest absolute Gasteiger partial charge is 3.00 e. The second-order valence-corrected chi connectivity index (χ2v) is 1.34. The van der Waals surface area contributed by atoms with Crippen molar-refractivity contribution in [2.45, 2.75) is 0 Å². The van der Waals surface area contributed by atoms with E-state index in [1.807, 2.05) is 0 Å². The predicted octanol–water partition coefficient (Wildman–Crippen LogP) is -4.96. The molecule has 0 amide bonds. The molecule has 0 aromatic carbocycles. The second kappa shape index (κ2) is 12.8. The molecule has 0 aliphatic heterocycles. The Hall–Kier alpha value is 2.18. The maximum Gasteiger partial charge on any atom is 3.00 e. The summed E-state index contributed by atoms with van der Waals surface area (Å²) in [5.41, 5.74) is 0. The Morgan fingerprint density at radius 3 is 1.11 bits per heavy atom. The van der Waals surface area contributed by atoms with Crippen molar-refractivity contribution in [1.29, 1.82) is 0 Å². The summed E-state index contributed by atoms with van der Waals surface area (Å²) in [5.74, 6) is 0. The molecule has 0 spiro atoms. The molecule has 45 valence electrons. The van der Waals surface area contributed by atoms with Crippen LogP contribution in [0.4, 0.5) is 0 Å². The fourth-order valence-corrected chi connectivity index (χ4v) is 0. The summed E-state index contributed by atoms with van der Waals surface area (Å²) in [6.07, 6.45) is 0. The molecule has 9 heavy (non-hydrogen) atoms. The van der Waals surface area contributed by atoms with Crippen LogP contribution in [0.25, 0.3) is 0 Å². The van der Waals surface area contributed by atoms with Gasteiger partial charge in [-0.15, -0.1) is 0 Å². The maximum absolute atomic E-state index is 8.55. The molecule has 0 aliphatic rings. The summed E-state index contributed by atoms with van der Waals surface area (Å²) in [5, 5.41) is 0. The van der Waals surface area contributed by atoms with Crippen LogP contribution in [0.1, 0.15) is 0 Å². The molecule has 0 rings (SSSR count). The summed E-state index contributed by atoms with van der Waals surface area (Å²) in [6.45, 7) is 0. The van der Waals surface area contributed by atoms with Gasteiger partial charge >= 0.3 is 62.9 Å². The molecule has 4 nitrogen and oxygen atoms in total. The second-order valence-electron chi connectivity index (χ2n) is 0.447. The molecule has 0 N–H and O–H groups in total. The zero-order valence-electron chi connectivity index (χ0n) is 4.26. The molecular weight excluding hydrogens is 244 g/mol. The normalized spacial score (nSPS) is 6.56. The van der Waals surface area contributed by atoms with Gasteiger partial charge in [0.15, 0.2) is 0 Å². The van der Waals surface area contributed by atoms with Gasteiger partial charge in [-0.05, 0) is 0 Å². The van der Waals surface area contributed by atoms with Gasteiger partial charge in [-0.3, -0.25) is 0 Å². The summed E-state index contributed by atoms with van der Waals surface area (Å²) in [4.78, 5) is 25.6. The Morgan fingerprint density at radius 1 is 1.11 bits per heavy atom. The van der Waals surface area contributed by atoms with E-state index in [4.69, 9.17) is 19.2 Å². The van der Waals surface area contributed by atoms with Crippen molar-refractivity contribution in [2.75, 3.05) is 0 Å². The SMILES string of the molecule is O=P([O-])([O-])[O-].[Fe+2].[Li+].[Mn+2].[P+3]. The van der Waals surface area contributed by atoms with E-state index in [1.165, 1.54) is 0 Å². The maximum atomic E-state index is 8.55. The van der Waals surface area contributed by atoms with Crippen molar-refractivity contribution >= 4 is 17.7 Å². The molecule has 9 heteroatoms. The molecule has 0 bridgehead atoms. The van der Waals surface area contributed by atoms with Gasteiger partial charge in [0.2, 0.25) is 0 Å². The first kappa shape index (κ1) is 30.3. The number of rotatable bonds is 0. The average molecular weight is 244 g/mol. The molecule has 0 atom stereocenters. The summed E-state index contributed by atoms with van der Waals surface area (Å²) >= 11 is 0. The van der Waals surface area contributed by atoms with E-state index in [0.717, 1.165) is 0 Å². The van der Waals surface area contributed by atoms with Crippen molar-refractivity contribution in [1.82, 2.24) is 0 Å². The average Bonchev–Trinajstić information content (AvgIpc) is 0.722. The monoisotopic (exact) mass is 244 g/mol. The van der Waals surface area contributed by atoms with Gasteiger partial charge in [-0.2, -0.15) is 7.82 Å². The fraction of sp³-hybridized carbons (Fsp3) is 0. The van der Waals surface area contributed by atoms with E-state index in [0.29, 0.717) is 0 Å². The third-order valence-electron chi connectivity index (χ3n) is 0. The van der Waals surface area contributed by atoms with Crippen LogP contribution < -0.4 is 33.5 Å². The molecule has 0 aromatic heterocycles. The van der Waals surface area contributed by atoms with Crippen molar-refractivity contribution in [3.63, 3.8) is 0 Å². The number of phosphoric acid groups is 1. The minimum atomic E-state index is -5.39. The third-order valence-corrected chi connectivity index (χ3v) is 0. The van der Waals surface area contributed by atoms with Crippen molar-refractivity contribution in [3.05, 3.63) is 0 Å². The van der Waals surface area contributed by atoms with Crippen molar-refractivity contribution in [3.8, 4) is 0 Å². The van der Waals surface area contributed by atoms with E-state index in [2.05, 4.69) is 0 Å². The summed E-state index contributed by atoms with van der Waals surface area (Å²) in [7, 11) is -5.39. The molecule has 3 radical (unpaired) electrons. The molecule has 0 aliphatic carbocycles. The topological polar surface area (TPSA) is 86.2 Å². The zero-order valence-corrected chi connectivity index (χ0v) is 8.33. The molecule has 0 saturated heterocycles. The summed E-state index contributed by atoms with van der Waals surface area (Å²) < 4.78 is 8.55. The Morgan fingerprint density at radius 2 is 1.11 bits per heavy atom. The first-order valence-corrected chi connectivity index (χ1v) is 2.19. The van der Waals surface area contributed by atoms with Crippen LogP contribution in [0.3, 0.4) is 0 Å². The van der Waals surface area contributed by atoms with Crippen molar-refractivity contribution in [2.24, 2.45) is 0 Å². The quantitative estimate of drug-likeness (QED) is 0.315. The predicted molar refractivity (Wildman–Crippen MR) is 14.5 cm³/mol. The van der Waals surface area contributed by atoms with Crippen molar-refractivity contribution < 1.29 is 72.2 Å². The molecule has 0 unspecified atom stereocenters. The molecular formula is FeLiMnO4P2+5. The molecule has 0 aromatic rings. The van der Waals surface area contributed by atoms with Gasteiger partial charge in [0.25, 0.3) is 0 Å². The van der Waals surface area contributed by atoms with E-state index in [9.17, 15) is 0 Å².